The maximum atomic E-state index is 13.3. The highest BCUT2D eigenvalue weighted by atomic mass is 35.5. The number of fused-ring (bicyclic) bond motifs is 3. The molecule has 1 saturated carbocycles. The molecule has 3 fully saturated rings. The van der Waals surface area contributed by atoms with Gasteiger partial charge >= 0.3 is 6.18 Å². The van der Waals surface area contributed by atoms with Gasteiger partial charge in [0.25, 0.3) is 5.91 Å². The van der Waals surface area contributed by atoms with Crippen LogP contribution in [0.4, 0.5) is 13.2 Å². The van der Waals surface area contributed by atoms with E-state index in [0.717, 1.165) is 43.9 Å². The molecule has 1 unspecified atom stereocenters. The van der Waals surface area contributed by atoms with Crippen molar-refractivity contribution in [2.45, 2.75) is 43.4 Å². The average Bonchev–Trinajstić information content (AvgIpc) is 2.77. The summed E-state index contributed by atoms with van der Waals surface area (Å²) in [5, 5.41) is 2.47. The number of carbonyl (C=O) groups excluding carboxylic acids is 1. The summed E-state index contributed by atoms with van der Waals surface area (Å²) in [5.41, 5.74) is -0.619. The zero-order valence-electron chi connectivity index (χ0n) is 18.0. The number of carbonyl (C=O) groups is 1. The third-order valence-electron chi connectivity index (χ3n) is 7.07. The molecule has 1 atom stereocenters. The van der Waals surface area contributed by atoms with Crippen LogP contribution in [0.2, 0.25) is 5.02 Å². The largest absolute Gasteiger partial charge is 0.497 e. The van der Waals surface area contributed by atoms with Gasteiger partial charge in [0.2, 0.25) is 0 Å². The summed E-state index contributed by atoms with van der Waals surface area (Å²) in [6.07, 6.45) is -0.694. The number of hydrogen-bond donors (Lipinski definition) is 1. The molecule has 2 aliphatic heterocycles. The lowest BCUT2D eigenvalue weighted by molar-refractivity contribution is -0.137. The van der Waals surface area contributed by atoms with Gasteiger partial charge in [-0.3, -0.25) is 9.69 Å². The summed E-state index contributed by atoms with van der Waals surface area (Å²) in [4.78, 5) is 15.6. The van der Waals surface area contributed by atoms with Gasteiger partial charge in [-0.05, 0) is 68.5 Å². The second-order valence-electron chi connectivity index (χ2n) is 8.77. The van der Waals surface area contributed by atoms with Gasteiger partial charge in [0, 0.05) is 12.1 Å². The van der Waals surface area contributed by atoms with Crippen LogP contribution in [0.25, 0.3) is 0 Å². The zero-order valence-corrected chi connectivity index (χ0v) is 18.8. The molecule has 0 aromatic heterocycles. The third-order valence-corrected chi connectivity index (χ3v) is 7.48. The van der Waals surface area contributed by atoms with E-state index in [-0.39, 0.29) is 11.1 Å². The molecule has 8 heteroatoms. The summed E-state index contributed by atoms with van der Waals surface area (Å²) in [5.74, 6) is 0.724. The van der Waals surface area contributed by atoms with Crippen molar-refractivity contribution in [3.63, 3.8) is 0 Å². The number of alkyl halides is 3. The number of halogens is 4. The van der Waals surface area contributed by atoms with Crippen molar-refractivity contribution in [3.05, 3.63) is 64.2 Å². The molecule has 32 heavy (non-hydrogen) atoms. The van der Waals surface area contributed by atoms with Crippen LogP contribution in [-0.2, 0) is 6.18 Å². The van der Waals surface area contributed by atoms with E-state index >= 15 is 0 Å². The molecule has 3 aliphatic rings. The third kappa shape index (κ3) is 4.08. The Morgan fingerprint density at radius 3 is 2.41 bits per heavy atom. The average molecular weight is 467 g/mol. The Morgan fingerprint density at radius 2 is 1.84 bits per heavy atom. The number of rotatable bonds is 5. The molecule has 2 bridgehead atoms. The van der Waals surface area contributed by atoms with Crippen molar-refractivity contribution in [1.29, 1.82) is 0 Å². The van der Waals surface area contributed by atoms with Crippen molar-refractivity contribution in [2.24, 2.45) is 5.92 Å². The predicted molar refractivity (Wildman–Crippen MR) is 117 cm³/mol. The molecule has 1 aliphatic carbocycles. The second kappa shape index (κ2) is 8.60. The van der Waals surface area contributed by atoms with E-state index in [1.807, 2.05) is 24.3 Å². The molecule has 1 N–H and O–H groups in total. The smallest absolute Gasteiger partial charge is 0.417 e. The maximum Gasteiger partial charge on any atom is 0.417 e. The highest BCUT2D eigenvalue weighted by Gasteiger charge is 2.50. The standard InChI is InChI=1S/C24H26ClF3N2O2/c1-30-14-15-10-12-23(30,13-11-15)21(16-6-8-17(32-2)9-7-16)29-22(31)18-4-3-5-19(20(18)25)24(26,27)28/h3-9,15,21H,10-14H2,1-2H3,(H,29,31). The van der Waals surface area contributed by atoms with Gasteiger partial charge in [-0.15, -0.1) is 0 Å². The van der Waals surface area contributed by atoms with Crippen LogP contribution in [0, 0.1) is 5.92 Å². The van der Waals surface area contributed by atoms with E-state index in [4.69, 9.17) is 16.3 Å². The molecule has 2 heterocycles. The summed E-state index contributed by atoms with van der Waals surface area (Å²) in [7, 11) is 3.64. The topological polar surface area (TPSA) is 41.6 Å². The Morgan fingerprint density at radius 1 is 1.19 bits per heavy atom. The monoisotopic (exact) mass is 466 g/mol. The van der Waals surface area contributed by atoms with Gasteiger partial charge in [-0.2, -0.15) is 13.2 Å². The van der Waals surface area contributed by atoms with Crippen LogP contribution in [0.15, 0.2) is 42.5 Å². The van der Waals surface area contributed by atoms with Crippen LogP contribution in [0.3, 0.4) is 0 Å². The summed E-state index contributed by atoms with van der Waals surface area (Å²) in [6, 6.07) is 10.5. The van der Waals surface area contributed by atoms with Crippen LogP contribution < -0.4 is 10.1 Å². The minimum absolute atomic E-state index is 0.177. The fraction of sp³-hybridized carbons (Fsp3) is 0.458. The van der Waals surface area contributed by atoms with E-state index in [1.54, 1.807) is 7.11 Å². The van der Waals surface area contributed by atoms with Gasteiger partial charge in [0.15, 0.2) is 0 Å². The number of nitrogens with zero attached hydrogens (tertiary/aromatic N) is 1. The van der Waals surface area contributed by atoms with Crippen LogP contribution in [-0.4, -0.2) is 37.0 Å². The second-order valence-corrected chi connectivity index (χ2v) is 9.15. The van der Waals surface area contributed by atoms with Gasteiger partial charge in [0.05, 0.1) is 29.3 Å². The summed E-state index contributed by atoms with van der Waals surface area (Å²) >= 11 is 6.04. The molecular weight excluding hydrogens is 441 g/mol. The normalized spacial score (nSPS) is 24.2. The molecule has 4 nitrogen and oxygen atoms in total. The lowest BCUT2D eigenvalue weighted by Gasteiger charge is -2.57. The molecule has 2 saturated heterocycles. The Bertz CT molecular complexity index is 986. The highest BCUT2D eigenvalue weighted by molar-refractivity contribution is 6.34. The Balaban J connectivity index is 1.72. The van der Waals surface area contributed by atoms with E-state index in [9.17, 15) is 18.0 Å². The van der Waals surface area contributed by atoms with E-state index in [0.29, 0.717) is 11.7 Å². The van der Waals surface area contributed by atoms with Crippen LogP contribution in [0.5, 0.6) is 5.75 Å². The first-order valence-corrected chi connectivity index (χ1v) is 11.1. The molecule has 0 radical (unpaired) electrons. The zero-order chi connectivity index (χ0) is 23.1. The van der Waals surface area contributed by atoms with Crippen molar-refractivity contribution < 1.29 is 22.7 Å². The Kier molecular flexibility index (Phi) is 6.16. The van der Waals surface area contributed by atoms with Crippen molar-refractivity contribution in [3.8, 4) is 5.75 Å². The van der Waals surface area contributed by atoms with E-state index in [1.165, 1.54) is 12.1 Å². The number of methoxy groups -OCH3 is 1. The molecule has 2 aromatic carbocycles. The fourth-order valence-electron chi connectivity index (χ4n) is 5.28. The van der Waals surface area contributed by atoms with Crippen molar-refractivity contribution in [2.75, 3.05) is 20.7 Å². The SMILES string of the molecule is COc1ccc(C(NC(=O)c2cccc(C(F)(F)F)c2Cl)C23CCC(CC2)CN3C)cc1. The minimum Gasteiger partial charge on any atom is -0.497 e. The van der Waals surface area contributed by atoms with Gasteiger partial charge < -0.3 is 10.1 Å². The van der Waals surface area contributed by atoms with E-state index < -0.39 is 28.7 Å². The number of benzene rings is 2. The van der Waals surface area contributed by atoms with Gasteiger partial charge in [-0.1, -0.05) is 29.8 Å². The molecule has 172 valence electrons. The first-order chi connectivity index (χ1) is 15.2. The quantitative estimate of drug-likeness (QED) is 0.613. The minimum atomic E-state index is -4.64. The number of likely N-dealkylation sites (N-methyl/N-ethyl adjacent to an activating group) is 1. The van der Waals surface area contributed by atoms with Crippen LogP contribution in [0.1, 0.15) is 53.2 Å². The number of piperidine rings is 2. The lowest BCUT2D eigenvalue weighted by Crippen LogP contribution is -2.62. The number of ether oxygens (including phenoxy) is 1. The first-order valence-electron chi connectivity index (χ1n) is 10.7. The first kappa shape index (κ1) is 22.9. The van der Waals surface area contributed by atoms with Crippen molar-refractivity contribution >= 4 is 17.5 Å². The van der Waals surface area contributed by atoms with Gasteiger partial charge in [-0.25, -0.2) is 0 Å². The summed E-state index contributed by atoms with van der Waals surface area (Å²) < 4.78 is 45.2. The Labute approximate surface area is 190 Å². The maximum absolute atomic E-state index is 13.3. The number of hydrogen-bond acceptors (Lipinski definition) is 3. The Hall–Kier alpha value is -2.25. The molecule has 0 spiro atoms. The fourth-order valence-corrected chi connectivity index (χ4v) is 5.60. The summed E-state index contributed by atoms with van der Waals surface area (Å²) in [6.45, 7) is 0.937. The molecule has 1 amide bonds. The number of nitrogens with one attached hydrogen (secondary N) is 1. The van der Waals surface area contributed by atoms with E-state index in [2.05, 4.69) is 17.3 Å². The van der Waals surface area contributed by atoms with Gasteiger partial charge in [0.1, 0.15) is 5.75 Å². The lowest BCUT2D eigenvalue weighted by atomic mass is 9.65. The molecule has 2 aromatic rings. The molecule has 5 rings (SSSR count). The van der Waals surface area contributed by atoms with Crippen molar-refractivity contribution in [1.82, 2.24) is 10.2 Å². The highest BCUT2D eigenvalue weighted by Crippen LogP contribution is 2.49. The molecular formula is C24H26ClF3N2O2. The number of amides is 1. The predicted octanol–water partition coefficient (Wildman–Crippen LogP) is 5.71. The van der Waals surface area contributed by atoms with Crippen LogP contribution >= 0.6 is 11.6 Å².